The van der Waals surface area contributed by atoms with E-state index in [0.717, 1.165) is 16.6 Å². The van der Waals surface area contributed by atoms with Crippen molar-refractivity contribution in [3.05, 3.63) is 51.8 Å². The summed E-state index contributed by atoms with van der Waals surface area (Å²) in [6, 6.07) is 12.2. The summed E-state index contributed by atoms with van der Waals surface area (Å²) in [5.41, 5.74) is 0. The number of rotatable bonds is 3. The Balaban J connectivity index is 2.00. The highest BCUT2D eigenvalue weighted by Gasteiger charge is 2.11. The molecule has 1 atom stereocenters. The van der Waals surface area contributed by atoms with Crippen LogP contribution in [0.15, 0.2) is 41.8 Å². The molecule has 0 radical (unpaired) electrons. The molecule has 2 aromatic heterocycles. The van der Waals surface area contributed by atoms with E-state index in [-0.39, 0.29) is 6.04 Å². The van der Waals surface area contributed by atoms with Crippen LogP contribution in [0.5, 0.6) is 0 Å². The molecule has 3 rings (SSSR count). The molecule has 0 saturated heterocycles. The third-order valence-electron chi connectivity index (χ3n) is 2.97. The maximum atomic E-state index is 6.07. The van der Waals surface area contributed by atoms with Gasteiger partial charge in [-0.2, -0.15) is 0 Å². The zero-order valence-electron chi connectivity index (χ0n) is 10.3. The summed E-state index contributed by atoms with van der Waals surface area (Å²) < 4.78 is 0. The highest BCUT2D eigenvalue weighted by Crippen LogP contribution is 2.29. The molecule has 0 saturated carbocycles. The van der Waals surface area contributed by atoms with Crippen LogP contribution in [0.25, 0.3) is 10.8 Å². The number of thiophene rings is 1. The van der Waals surface area contributed by atoms with Crippen LogP contribution < -0.4 is 5.32 Å². The molecule has 1 unspecified atom stereocenters. The molecule has 2 heterocycles. The van der Waals surface area contributed by atoms with Crippen LogP contribution in [-0.4, -0.2) is 10.2 Å². The molecular formula is C14H12ClN3S. The molecule has 1 N–H and O–H groups in total. The van der Waals surface area contributed by atoms with E-state index in [1.807, 2.05) is 30.3 Å². The summed E-state index contributed by atoms with van der Waals surface area (Å²) in [4.78, 5) is 1.26. The number of hydrogen-bond donors (Lipinski definition) is 1. The Hall–Kier alpha value is -1.65. The van der Waals surface area contributed by atoms with E-state index in [9.17, 15) is 0 Å². The molecule has 0 fully saturated rings. The summed E-state index contributed by atoms with van der Waals surface area (Å²) in [6.07, 6.45) is 0. The lowest BCUT2D eigenvalue weighted by atomic mass is 10.2. The van der Waals surface area contributed by atoms with E-state index < -0.39 is 0 Å². The van der Waals surface area contributed by atoms with Gasteiger partial charge in [0, 0.05) is 15.6 Å². The number of nitrogens with one attached hydrogen (secondary N) is 1. The van der Waals surface area contributed by atoms with E-state index >= 15 is 0 Å². The molecule has 0 aliphatic carbocycles. The molecule has 5 heteroatoms. The number of benzene rings is 1. The van der Waals surface area contributed by atoms with Crippen LogP contribution in [-0.2, 0) is 0 Å². The third-order valence-corrected chi connectivity index (χ3v) is 4.30. The van der Waals surface area contributed by atoms with Crippen molar-refractivity contribution in [2.45, 2.75) is 13.0 Å². The van der Waals surface area contributed by atoms with Crippen molar-refractivity contribution in [2.24, 2.45) is 0 Å². The van der Waals surface area contributed by atoms with Crippen LogP contribution in [0.2, 0.25) is 5.15 Å². The van der Waals surface area contributed by atoms with E-state index in [2.05, 4.69) is 33.9 Å². The van der Waals surface area contributed by atoms with Gasteiger partial charge in [-0.05, 0) is 18.4 Å². The van der Waals surface area contributed by atoms with Crippen LogP contribution in [0.3, 0.4) is 0 Å². The average molecular weight is 290 g/mol. The normalized spacial score (nSPS) is 12.5. The van der Waals surface area contributed by atoms with Gasteiger partial charge in [-0.1, -0.05) is 41.9 Å². The van der Waals surface area contributed by atoms with Crippen molar-refractivity contribution < 1.29 is 0 Å². The van der Waals surface area contributed by atoms with Gasteiger partial charge in [0.05, 0.1) is 6.04 Å². The summed E-state index contributed by atoms with van der Waals surface area (Å²) in [6.45, 7) is 2.11. The van der Waals surface area contributed by atoms with Gasteiger partial charge in [-0.3, -0.25) is 0 Å². The van der Waals surface area contributed by atoms with Gasteiger partial charge in [-0.15, -0.1) is 21.5 Å². The molecule has 3 nitrogen and oxygen atoms in total. The van der Waals surface area contributed by atoms with Crippen molar-refractivity contribution in [3.8, 4) is 0 Å². The summed E-state index contributed by atoms with van der Waals surface area (Å²) >= 11 is 7.79. The van der Waals surface area contributed by atoms with Crippen molar-refractivity contribution >= 4 is 39.5 Å². The zero-order valence-corrected chi connectivity index (χ0v) is 11.9. The minimum absolute atomic E-state index is 0.193. The highest BCUT2D eigenvalue weighted by molar-refractivity contribution is 7.10. The van der Waals surface area contributed by atoms with Gasteiger partial charge >= 0.3 is 0 Å². The van der Waals surface area contributed by atoms with Gasteiger partial charge in [0.25, 0.3) is 0 Å². The molecule has 0 amide bonds. The topological polar surface area (TPSA) is 37.8 Å². The molecule has 0 aliphatic heterocycles. The highest BCUT2D eigenvalue weighted by atomic mass is 35.5. The maximum absolute atomic E-state index is 6.07. The minimum Gasteiger partial charge on any atom is -0.361 e. The molecule has 96 valence electrons. The Bertz CT molecular complexity index is 697. The SMILES string of the molecule is CC(Nc1nnc(Cl)c2ccccc12)c1cccs1. The summed E-state index contributed by atoms with van der Waals surface area (Å²) in [5, 5.41) is 16.0. The molecule has 0 bridgehead atoms. The number of aromatic nitrogens is 2. The first-order valence-corrected chi connectivity index (χ1v) is 7.22. The monoisotopic (exact) mass is 289 g/mol. The van der Waals surface area contributed by atoms with Crippen LogP contribution in [0.4, 0.5) is 5.82 Å². The first kappa shape index (κ1) is 12.4. The van der Waals surface area contributed by atoms with Gasteiger partial charge in [-0.25, -0.2) is 0 Å². The fourth-order valence-corrected chi connectivity index (χ4v) is 2.93. The van der Waals surface area contributed by atoms with Crippen molar-refractivity contribution in [3.63, 3.8) is 0 Å². The second-order valence-corrected chi connectivity index (χ2v) is 5.60. The van der Waals surface area contributed by atoms with E-state index in [0.29, 0.717) is 5.15 Å². The third kappa shape index (κ3) is 2.41. The largest absolute Gasteiger partial charge is 0.361 e. The number of anilines is 1. The van der Waals surface area contributed by atoms with Crippen LogP contribution in [0.1, 0.15) is 17.8 Å². The van der Waals surface area contributed by atoms with Gasteiger partial charge in [0.15, 0.2) is 11.0 Å². The predicted molar refractivity (Wildman–Crippen MR) is 80.9 cm³/mol. The molecule has 19 heavy (non-hydrogen) atoms. The van der Waals surface area contributed by atoms with Gasteiger partial charge in [0.2, 0.25) is 0 Å². The summed E-state index contributed by atoms with van der Waals surface area (Å²) in [5.74, 6) is 0.765. The predicted octanol–water partition coefficient (Wildman–Crippen LogP) is 4.52. The summed E-state index contributed by atoms with van der Waals surface area (Å²) in [7, 11) is 0. The lowest BCUT2D eigenvalue weighted by Crippen LogP contribution is -2.07. The van der Waals surface area contributed by atoms with Crippen LogP contribution in [0, 0.1) is 0 Å². The number of halogens is 1. The second kappa shape index (κ2) is 5.15. The Morgan fingerprint density at radius 1 is 1.11 bits per heavy atom. The Morgan fingerprint density at radius 2 is 1.89 bits per heavy atom. The smallest absolute Gasteiger partial charge is 0.159 e. The number of hydrogen-bond acceptors (Lipinski definition) is 4. The number of nitrogens with zero attached hydrogens (tertiary/aromatic N) is 2. The second-order valence-electron chi connectivity index (χ2n) is 4.27. The Morgan fingerprint density at radius 3 is 2.63 bits per heavy atom. The van der Waals surface area contributed by atoms with Gasteiger partial charge < -0.3 is 5.32 Å². The maximum Gasteiger partial charge on any atom is 0.159 e. The fourth-order valence-electron chi connectivity index (χ4n) is 1.99. The van der Waals surface area contributed by atoms with Crippen molar-refractivity contribution in [2.75, 3.05) is 5.32 Å². The molecule has 0 aliphatic rings. The molecule has 3 aromatic rings. The van der Waals surface area contributed by atoms with E-state index in [1.54, 1.807) is 11.3 Å². The first-order chi connectivity index (χ1) is 9.25. The van der Waals surface area contributed by atoms with E-state index in [4.69, 9.17) is 11.6 Å². The van der Waals surface area contributed by atoms with Crippen molar-refractivity contribution in [1.82, 2.24) is 10.2 Å². The molecule has 0 spiro atoms. The minimum atomic E-state index is 0.193. The lowest BCUT2D eigenvalue weighted by Gasteiger charge is -2.14. The fraction of sp³-hybridized carbons (Fsp3) is 0.143. The van der Waals surface area contributed by atoms with Crippen molar-refractivity contribution in [1.29, 1.82) is 0 Å². The van der Waals surface area contributed by atoms with E-state index in [1.165, 1.54) is 4.88 Å². The standard InChI is InChI=1S/C14H12ClN3S/c1-9(12-7-4-8-19-12)16-14-11-6-3-2-5-10(11)13(15)17-18-14/h2-9H,1H3,(H,16,18). The quantitative estimate of drug-likeness (QED) is 0.770. The Kier molecular flexibility index (Phi) is 3.36. The van der Waals surface area contributed by atoms with Gasteiger partial charge in [0.1, 0.15) is 0 Å². The Labute approximate surface area is 120 Å². The first-order valence-electron chi connectivity index (χ1n) is 5.96. The van der Waals surface area contributed by atoms with Crippen LogP contribution >= 0.6 is 22.9 Å². The molecular weight excluding hydrogens is 278 g/mol. The zero-order chi connectivity index (χ0) is 13.2. The number of fused-ring (bicyclic) bond motifs is 1. The average Bonchev–Trinajstić information content (AvgIpc) is 2.96. The lowest BCUT2D eigenvalue weighted by molar-refractivity contribution is 0.885. The molecule has 1 aromatic carbocycles.